The molecule has 0 aliphatic heterocycles. The van der Waals surface area contributed by atoms with Gasteiger partial charge in [-0.25, -0.2) is 9.78 Å². The van der Waals surface area contributed by atoms with Gasteiger partial charge in [0.15, 0.2) is 0 Å². The molecule has 0 radical (unpaired) electrons. The first-order chi connectivity index (χ1) is 10.8. The van der Waals surface area contributed by atoms with Crippen LogP contribution in [0.15, 0.2) is 23.3 Å². The van der Waals surface area contributed by atoms with Gasteiger partial charge in [-0.3, -0.25) is 4.57 Å². The number of aromatic amines is 2. The minimum absolute atomic E-state index is 0.0819. The minimum Gasteiger partial charge on any atom is -0.396 e. The fourth-order valence-electron chi connectivity index (χ4n) is 4.95. The van der Waals surface area contributed by atoms with Crippen molar-refractivity contribution in [3.63, 3.8) is 0 Å². The molecule has 0 aromatic carbocycles. The SMILES string of the molecule is O=c1[nH]c2cnc3[nH]ccc3c2n1C1C2CC[C@@H](C2)[C@H]1CO. The molecule has 2 aliphatic rings. The summed E-state index contributed by atoms with van der Waals surface area (Å²) in [6.07, 6.45) is 7.05. The molecule has 2 unspecified atom stereocenters. The molecular formula is C16H18N4O2. The van der Waals surface area contributed by atoms with Crippen molar-refractivity contribution < 1.29 is 5.11 Å². The lowest BCUT2D eigenvalue weighted by Gasteiger charge is -2.30. The summed E-state index contributed by atoms with van der Waals surface area (Å²) in [7, 11) is 0. The van der Waals surface area contributed by atoms with Crippen molar-refractivity contribution in [2.75, 3.05) is 6.61 Å². The molecule has 0 saturated heterocycles. The molecule has 6 heteroatoms. The highest BCUT2D eigenvalue weighted by Gasteiger charge is 2.49. The van der Waals surface area contributed by atoms with E-state index in [0.717, 1.165) is 34.9 Å². The van der Waals surface area contributed by atoms with E-state index in [4.69, 9.17) is 0 Å². The number of fused-ring (bicyclic) bond motifs is 5. The molecule has 0 amide bonds. The number of nitrogens with one attached hydrogen (secondary N) is 2. The average Bonchev–Trinajstić information content (AvgIpc) is 3.27. The zero-order valence-corrected chi connectivity index (χ0v) is 12.1. The van der Waals surface area contributed by atoms with Gasteiger partial charge in [-0.1, -0.05) is 0 Å². The van der Waals surface area contributed by atoms with Crippen LogP contribution >= 0.6 is 0 Å². The van der Waals surface area contributed by atoms with Crippen molar-refractivity contribution in [3.05, 3.63) is 28.9 Å². The van der Waals surface area contributed by atoms with Gasteiger partial charge in [0.25, 0.3) is 0 Å². The van der Waals surface area contributed by atoms with Crippen molar-refractivity contribution in [1.29, 1.82) is 0 Å². The first-order valence-corrected chi connectivity index (χ1v) is 7.95. The Bertz CT molecular complexity index is 921. The zero-order chi connectivity index (χ0) is 14.8. The molecule has 4 atom stereocenters. The van der Waals surface area contributed by atoms with Crippen LogP contribution in [0.3, 0.4) is 0 Å². The third-order valence-electron chi connectivity index (χ3n) is 5.81. The normalized spacial score (nSPS) is 30.8. The lowest BCUT2D eigenvalue weighted by Crippen LogP contribution is -2.33. The summed E-state index contributed by atoms with van der Waals surface area (Å²) < 4.78 is 1.90. The molecule has 2 aliphatic carbocycles. The maximum atomic E-state index is 12.6. The molecule has 22 heavy (non-hydrogen) atoms. The van der Waals surface area contributed by atoms with Gasteiger partial charge < -0.3 is 15.1 Å². The van der Waals surface area contributed by atoms with Crippen LogP contribution < -0.4 is 5.69 Å². The van der Waals surface area contributed by atoms with Crippen LogP contribution in [0.25, 0.3) is 22.1 Å². The van der Waals surface area contributed by atoms with Gasteiger partial charge in [0.2, 0.25) is 0 Å². The molecule has 3 heterocycles. The molecule has 0 spiro atoms. The van der Waals surface area contributed by atoms with Crippen molar-refractivity contribution in [2.24, 2.45) is 17.8 Å². The Morgan fingerprint density at radius 1 is 1.36 bits per heavy atom. The fourth-order valence-corrected chi connectivity index (χ4v) is 4.95. The predicted octanol–water partition coefficient (Wildman–Crippen LogP) is 1.79. The van der Waals surface area contributed by atoms with E-state index in [-0.39, 0.29) is 24.3 Å². The Kier molecular flexibility index (Phi) is 2.39. The van der Waals surface area contributed by atoms with E-state index in [9.17, 15) is 9.90 Å². The molecule has 114 valence electrons. The summed E-state index contributed by atoms with van der Waals surface area (Å²) in [5.41, 5.74) is 2.41. The second-order valence-electron chi connectivity index (χ2n) is 6.73. The largest absolute Gasteiger partial charge is 0.396 e. The van der Waals surface area contributed by atoms with Crippen molar-refractivity contribution in [3.8, 4) is 0 Å². The molecule has 2 fully saturated rings. The summed E-state index contributed by atoms with van der Waals surface area (Å²) in [5, 5.41) is 10.8. The van der Waals surface area contributed by atoms with Crippen molar-refractivity contribution in [2.45, 2.75) is 25.3 Å². The van der Waals surface area contributed by atoms with E-state index >= 15 is 0 Å². The van der Waals surface area contributed by atoms with Crippen molar-refractivity contribution >= 4 is 22.1 Å². The molecule has 3 N–H and O–H groups in total. The number of nitrogens with zero attached hydrogens (tertiary/aromatic N) is 2. The van der Waals surface area contributed by atoms with Gasteiger partial charge in [-0.05, 0) is 37.2 Å². The van der Waals surface area contributed by atoms with Crippen LogP contribution in [0.2, 0.25) is 0 Å². The van der Waals surface area contributed by atoms with E-state index in [0.29, 0.717) is 11.8 Å². The number of hydrogen-bond donors (Lipinski definition) is 3. The van der Waals surface area contributed by atoms with E-state index in [2.05, 4.69) is 15.0 Å². The maximum Gasteiger partial charge on any atom is 0.326 e. The van der Waals surface area contributed by atoms with Crippen LogP contribution in [0.5, 0.6) is 0 Å². The smallest absolute Gasteiger partial charge is 0.326 e. The lowest BCUT2D eigenvalue weighted by atomic mass is 9.84. The molecule has 3 aromatic rings. The first kappa shape index (κ1) is 12.5. The van der Waals surface area contributed by atoms with Gasteiger partial charge in [-0.15, -0.1) is 0 Å². The molecule has 2 bridgehead atoms. The predicted molar refractivity (Wildman–Crippen MR) is 82.7 cm³/mol. The molecule has 3 aromatic heterocycles. The Hall–Kier alpha value is -2.08. The van der Waals surface area contributed by atoms with E-state index in [1.54, 1.807) is 6.20 Å². The van der Waals surface area contributed by atoms with Gasteiger partial charge in [0, 0.05) is 30.1 Å². The second kappa shape index (κ2) is 4.23. The maximum absolute atomic E-state index is 12.6. The number of aliphatic hydroxyl groups excluding tert-OH is 1. The van der Waals surface area contributed by atoms with Gasteiger partial charge in [-0.2, -0.15) is 0 Å². The molecule has 2 saturated carbocycles. The monoisotopic (exact) mass is 298 g/mol. The summed E-state index contributed by atoms with van der Waals surface area (Å²) in [5.74, 6) is 1.25. The number of aliphatic hydroxyl groups is 1. The molecular weight excluding hydrogens is 280 g/mol. The van der Waals surface area contributed by atoms with E-state index in [1.165, 1.54) is 6.42 Å². The standard InChI is InChI=1S/C16H18N4O2/c21-7-11-8-1-2-9(5-8)13(11)20-14-10-3-4-17-15(10)18-6-12(14)19-16(20)22/h3-4,6,8-9,11,13,21H,1-2,5,7H2,(H,17,18)(H,19,22)/t8-,9?,11+,13?/m0/s1. The third kappa shape index (κ3) is 1.43. The van der Waals surface area contributed by atoms with Gasteiger partial charge >= 0.3 is 5.69 Å². The number of H-pyrrole nitrogens is 2. The Morgan fingerprint density at radius 2 is 2.23 bits per heavy atom. The highest BCUT2D eigenvalue weighted by atomic mass is 16.3. The highest BCUT2D eigenvalue weighted by Crippen LogP contribution is 2.54. The number of rotatable bonds is 2. The topological polar surface area (TPSA) is 86.7 Å². The fraction of sp³-hybridized carbons (Fsp3) is 0.500. The van der Waals surface area contributed by atoms with Gasteiger partial charge in [0.05, 0.1) is 17.2 Å². The Labute approximate surface area is 126 Å². The van der Waals surface area contributed by atoms with Crippen LogP contribution in [0.1, 0.15) is 25.3 Å². The summed E-state index contributed by atoms with van der Waals surface area (Å²) in [6, 6.07) is 2.07. The number of aromatic nitrogens is 4. The van der Waals surface area contributed by atoms with E-state index in [1.807, 2.05) is 16.8 Å². The first-order valence-electron chi connectivity index (χ1n) is 7.95. The summed E-state index contributed by atoms with van der Waals surface area (Å²) in [6.45, 7) is 0.159. The van der Waals surface area contributed by atoms with Gasteiger partial charge in [0.1, 0.15) is 5.65 Å². The minimum atomic E-state index is -0.0819. The van der Waals surface area contributed by atoms with Crippen molar-refractivity contribution in [1.82, 2.24) is 19.5 Å². The molecule has 5 rings (SSSR count). The zero-order valence-electron chi connectivity index (χ0n) is 12.1. The van der Waals surface area contributed by atoms with Crippen LogP contribution in [0.4, 0.5) is 0 Å². The second-order valence-corrected chi connectivity index (χ2v) is 6.73. The quantitative estimate of drug-likeness (QED) is 0.674. The van der Waals surface area contributed by atoms with Crippen LogP contribution in [-0.4, -0.2) is 31.2 Å². The van der Waals surface area contributed by atoms with Crippen LogP contribution in [-0.2, 0) is 0 Å². The van der Waals surface area contributed by atoms with E-state index < -0.39 is 0 Å². The third-order valence-corrected chi connectivity index (χ3v) is 5.81. The summed E-state index contributed by atoms with van der Waals surface area (Å²) in [4.78, 5) is 23.0. The Balaban J connectivity index is 1.82. The highest BCUT2D eigenvalue weighted by molar-refractivity contribution is 6.00. The van der Waals surface area contributed by atoms with Crippen LogP contribution in [0, 0.1) is 17.8 Å². The lowest BCUT2D eigenvalue weighted by molar-refractivity contribution is 0.129. The number of imidazole rings is 1. The Morgan fingerprint density at radius 3 is 3.09 bits per heavy atom. The number of pyridine rings is 1. The summed E-state index contributed by atoms with van der Waals surface area (Å²) >= 11 is 0. The average molecular weight is 298 g/mol. The molecule has 6 nitrogen and oxygen atoms in total. The number of hydrogen-bond acceptors (Lipinski definition) is 3.